The molecule has 0 radical (unpaired) electrons. The molecule has 2 aliphatic rings. The number of methoxy groups -OCH3 is 1. The summed E-state index contributed by atoms with van der Waals surface area (Å²) in [6.45, 7) is 2.57. The van der Waals surface area contributed by atoms with Crippen LogP contribution in [0.5, 0.6) is 0 Å². The van der Waals surface area contributed by atoms with Gasteiger partial charge in [0.05, 0.1) is 22.6 Å². The first-order valence-electron chi connectivity index (χ1n) is 12.2. The molecule has 2 aromatic carbocycles. The molecule has 1 atom stereocenters. The molecule has 0 bridgehead atoms. The van der Waals surface area contributed by atoms with Crippen molar-refractivity contribution in [3.63, 3.8) is 0 Å². The van der Waals surface area contributed by atoms with E-state index in [1.54, 1.807) is 24.3 Å². The number of esters is 1. The van der Waals surface area contributed by atoms with Gasteiger partial charge in [-0.2, -0.15) is 0 Å². The van der Waals surface area contributed by atoms with E-state index >= 15 is 0 Å². The summed E-state index contributed by atoms with van der Waals surface area (Å²) < 4.78 is 18.5. The molecule has 1 aromatic heterocycles. The Hall–Kier alpha value is -2.77. The van der Waals surface area contributed by atoms with Gasteiger partial charge < -0.3 is 9.64 Å². The maximum atomic E-state index is 13.9. The Kier molecular flexibility index (Phi) is 6.88. The number of likely N-dealkylation sites (tertiary alicyclic amines) is 1. The third kappa shape index (κ3) is 5.04. The van der Waals surface area contributed by atoms with E-state index in [0.29, 0.717) is 34.7 Å². The first-order chi connectivity index (χ1) is 17.3. The number of hydrogen-bond acceptors (Lipinski definition) is 5. The van der Waals surface area contributed by atoms with Crippen molar-refractivity contribution < 1.29 is 18.7 Å². The molecule has 1 saturated heterocycles. The molecule has 1 amide bonds. The third-order valence-corrected chi connectivity index (χ3v) is 8.73. The number of benzene rings is 2. The summed E-state index contributed by atoms with van der Waals surface area (Å²) in [6, 6.07) is 11.5. The largest absolute Gasteiger partial charge is 0.465 e. The lowest BCUT2D eigenvalue weighted by atomic mass is 9.84. The Bertz CT molecular complexity index is 1300. The molecule has 8 heteroatoms. The number of aryl methyl sites for hydroxylation is 2. The zero-order valence-corrected chi connectivity index (χ0v) is 21.9. The van der Waals surface area contributed by atoms with Crippen molar-refractivity contribution in [2.75, 3.05) is 13.7 Å². The topological polar surface area (TPSA) is 59.5 Å². The second-order valence-corrected chi connectivity index (χ2v) is 11.5. The molecule has 36 heavy (non-hydrogen) atoms. The summed E-state index contributed by atoms with van der Waals surface area (Å²) in [5, 5.41) is 1.28. The van der Waals surface area contributed by atoms with E-state index in [9.17, 15) is 14.0 Å². The molecule has 1 spiro atoms. The van der Waals surface area contributed by atoms with Crippen molar-refractivity contribution in [1.82, 2.24) is 9.88 Å². The average molecular weight is 527 g/mol. The molecule has 1 aliphatic carbocycles. The summed E-state index contributed by atoms with van der Waals surface area (Å²) in [5.74, 6) is -0.805. The van der Waals surface area contributed by atoms with Gasteiger partial charge in [0.1, 0.15) is 11.5 Å². The average Bonchev–Trinajstić information content (AvgIpc) is 3.51. The smallest absolute Gasteiger partial charge is 0.338 e. The molecule has 1 aliphatic heterocycles. The molecule has 2 heterocycles. The van der Waals surface area contributed by atoms with Gasteiger partial charge in [0.25, 0.3) is 5.91 Å². The van der Waals surface area contributed by atoms with Crippen LogP contribution >= 0.6 is 22.9 Å². The molecule has 5 rings (SSSR count). The first kappa shape index (κ1) is 24.9. The number of hydrogen-bond donors (Lipinski definition) is 0. The molecule has 3 aromatic rings. The standard InChI is InChI=1S/C28H28ClFN2O3S/c1-17-31-24(25(36-17)19-4-8-21(30)9-5-19)26(33)32-14-13-28(11-12-28)16-22(32)10-6-18-3-7-20(29)15-23(18)27(34)35-2/h3-5,7-9,15,22H,6,10-14,16H2,1-2H3. The number of carbonyl (C=O) groups excluding carboxylic acids is 2. The van der Waals surface area contributed by atoms with Crippen LogP contribution in [0.4, 0.5) is 4.39 Å². The van der Waals surface area contributed by atoms with Crippen LogP contribution in [0.1, 0.15) is 63.5 Å². The van der Waals surface area contributed by atoms with Crippen molar-refractivity contribution >= 4 is 34.8 Å². The van der Waals surface area contributed by atoms with Crippen LogP contribution in [0.15, 0.2) is 42.5 Å². The third-order valence-electron chi connectivity index (χ3n) is 7.48. The van der Waals surface area contributed by atoms with Gasteiger partial charge in [0, 0.05) is 17.6 Å². The number of halogens is 2. The summed E-state index contributed by atoms with van der Waals surface area (Å²) in [6.07, 6.45) is 5.72. The van der Waals surface area contributed by atoms with E-state index in [4.69, 9.17) is 16.3 Å². The number of ether oxygens (including phenoxy) is 1. The minimum Gasteiger partial charge on any atom is -0.465 e. The highest BCUT2D eigenvalue weighted by molar-refractivity contribution is 7.15. The Morgan fingerprint density at radius 1 is 1.19 bits per heavy atom. The van der Waals surface area contributed by atoms with Gasteiger partial charge >= 0.3 is 5.97 Å². The fourth-order valence-corrected chi connectivity index (χ4v) is 6.39. The maximum absolute atomic E-state index is 13.9. The molecular weight excluding hydrogens is 499 g/mol. The van der Waals surface area contributed by atoms with Crippen LogP contribution in [-0.4, -0.2) is 41.5 Å². The number of aromatic nitrogens is 1. The van der Waals surface area contributed by atoms with Gasteiger partial charge in [0.2, 0.25) is 0 Å². The van der Waals surface area contributed by atoms with Crippen molar-refractivity contribution in [3.05, 3.63) is 75.1 Å². The Balaban J connectivity index is 1.41. The van der Waals surface area contributed by atoms with Crippen LogP contribution in [0, 0.1) is 18.2 Å². The van der Waals surface area contributed by atoms with Gasteiger partial charge in [-0.05, 0) is 86.3 Å². The lowest BCUT2D eigenvalue weighted by Crippen LogP contribution is -2.47. The van der Waals surface area contributed by atoms with Crippen molar-refractivity contribution in [2.24, 2.45) is 5.41 Å². The van der Waals surface area contributed by atoms with E-state index in [2.05, 4.69) is 4.98 Å². The van der Waals surface area contributed by atoms with Crippen LogP contribution in [0.25, 0.3) is 10.4 Å². The molecular formula is C28H28ClFN2O3S. The van der Waals surface area contributed by atoms with Gasteiger partial charge in [-0.3, -0.25) is 4.79 Å². The highest BCUT2D eigenvalue weighted by atomic mass is 35.5. The highest BCUT2D eigenvalue weighted by Gasteiger charge is 2.49. The van der Waals surface area contributed by atoms with Crippen LogP contribution < -0.4 is 0 Å². The molecule has 2 fully saturated rings. The van der Waals surface area contributed by atoms with Gasteiger partial charge in [-0.25, -0.2) is 14.2 Å². The fraction of sp³-hybridized carbons (Fsp3) is 0.393. The summed E-state index contributed by atoms with van der Waals surface area (Å²) >= 11 is 7.59. The zero-order chi connectivity index (χ0) is 25.4. The summed E-state index contributed by atoms with van der Waals surface area (Å²) in [7, 11) is 1.36. The van der Waals surface area contributed by atoms with Crippen LogP contribution in [0.2, 0.25) is 5.02 Å². The Morgan fingerprint density at radius 2 is 1.94 bits per heavy atom. The molecule has 1 saturated carbocycles. The number of amides is 1. The van der Waals surface area contributed by atoms with Crippen LogP contribution in [-0.2, 0) is 11.2 Å². The lowest BCUT2D eigenvalue weighted by molar-refractivity contribution is 0.0502. The Labute approximate surface area is 219 Å². The quantitative estimate of drug-likeness (QED) is 0.335. The number of rotatable bonds is 6. The minimum atomic E-state index is -0.412. The maximum Gasteiger partial charge on any atom is 0.338 e. The fourth-order valence-electron chi connectivity index (χ4n) is 5.30. The highest BCUT2D eigenvalue weighted by Crippen LogP contribution is 2.56. The molecule has 188 valence electrons. The summed E-state index contributed by atoms with van der Waals surface area (Å²) in [5.41, 5.74) is 2.90. The van der Waals surface area contributed by atoms with Crippen LogP contribution in [0.3, 0.4) is 0 Å². The van der Waals surface area contributed by atoms with E-state index in [0.717, 1.165) is 40.3 Å². The SMILES string of the molecule is COC(=O)c1cc(Cl)ccc1CCC1CC2(CCN1C(=O)c1nc(C)sc1-c1ccc(F)cc1)CC2. The van der Waals surface area contributed by atoms with E-state index in [-0.39, 0.29) is 17.8 Å². The van der Waals surface area contributed by atoms with Gasteiger partial charge in [0.15, 0.2) is 0 Å². The second kappa shape index (κ2) is 9.94. The predicted octanol–water partition coefficient (Wildman–Crippen LogP) is 6.72. The molecule has 1 unspecified atom stereocenters. The summed E-state index contributed by atoms with van der Waals surface area (Å²) in [4.78, 5) is 33.6. The van der Waals surface area contributed by atoms with Gasteiger partial charge in [-0.1, -0.05) is 29.8 Å². The second-order valence-electron chi connectivity index (χ2n) is 9.86. The zero-order valence-electron chi connectivity index (χ0n) is 20.4. The van der Waals surface area contributed by atoms with Crippen molar-refractivity contribution in [3.8, 4) is 10.4 Å². The van der Waals surface area contributed by atoms with E-state index in [1.807, 2.05) is 17.9 Å². The lowest BCUT2D eigenvalue weighted by Gasteiger charge is -2.40. The first-order valence-corrected chi connectivity index (χ1v) is 13.4. The monoisotopic (exact) mass is 526 g/mol. The number of thiazole rings is 1. The van der Waals surface area contributed by atoms with E-state index in [1.165, 1.54) is 43.4 Å². The van der Waals surface area contributed by atoms with Crippen molar-refractivity contribution in [2.45, 2.75) is 51.5 Å². The normalized spacial score (nSPS) is 18.3. The predicted molar refractivity (Wildman–Crippen MR) is 139 cm³/mol. The number of carbonyl (C=O) groups is 2. The Morgan fingerprint density at radius 3 is 2.64 bits per heavy atom. The molecule has 0 N–H and O–H groups in total. The number of piperidine rings is 1. The number of nitrogens with zero attached hydrogens (tertiary/aromatic N) is 2. The van der Waals surface area contributed by atoms with Crippen molar-refractivity contribution in [1.29, 1.82) is 0 Å². The van der Waals surface area contributed by atoms with Gasteiger partial charge in [-0.15, -0.1) is 11.3 Å². The molecule has 5 nitrogen and oxygen atoms in total. The minimum absolute atomic E-state index is 0.0398. The van der Waals surface area contributed by atoms with E-state index < -0.39 is 5.97 Å².